The topological polar surface area (TPSA) is 136 Å². The van der Waals surface area contributed by atoms with Gasteiger partial charge in [0, 0.05) is 12.1 Å². The lowest BCUT2D eigenvalue weighted by Gasteiger charge is -2.11. The molecule has 7 nitrogen and oxygen atoms in total. The van der Waals surface area contributed by atoms with Gasteiger partial charge in [-0.15, -0.1) is 12.4 Å². The normalized spacial score (nSPS) is 11.6. The number of hydrogen-bond acceptors (Lipinski definition) is 6. The van der Waals surface area contributed by atoms with E-state index in [9.17, 15) is 20.3 Å². The molecule has 0 spiro atoms. The fourth-order valence-electron chi connectivity index (χ4n) is 1.32. The molecule has 8 heteroatoms. The van der Waals surface area contributed by atoms with Gasteiger partial charge in [0.2, 0.25) is 5.75 Å². The third kappa shape index (κ3) is 3.45. The van der Waals surface area contributed by atoms with Crippen molar-refractivity contribution < 1.29 is 15.1 Å². The Kier molecular flexibility index (Phi) is 5.66. The molecule has 0 aliphatic heterocycles. The van der Waals surface area contributed by atoms with Crippen LogP contribution in [0, 0.1) is 10.1 Å². The van der Waals surface area contributed by atoms with E-state index in [1.54, 1.807) is 0 Å². The van der Waals surface area contributed by atoms with Crippen molar-refractivity contribution in [2.75, 3.05) is 6.54 Å². The first-order valence-electron chi connectivity index (χ1n) is 4.63. The zero-order valence-corrected chi connectivity index (χ0v) is 9.68. The minimum atomic E-state index is -0.784. The van der Waals surface area contributed by atoms with E-state index in [-0.39, 0.29) is 12.4 Å². The highest BCUT2D eigenvalue weighted by atomic mass is 35.5. The average molecular weight is 264 g/mol. The lowest BCUT2D eigenvalue weighted by Crippen LogP contribution is -2.15. The summed E-state index contributed by atoms with van der Waals surface area (Å²) < 4.78 is 0. The number of halogens is 1. The first-order valence-corrected chi connectivity index (χ1v) is 4.63. The van der Waals surface area contributed by atoms with E-state index in [1.165, 1.54) is 6.07 Å². The quantitative estimate of drug-likeness (QED) is 0.360. The maximum atomic E-state index is 10.6. The number of hydrogen-bond donors (Lipinski definition) is 4. The summed E-state index contributed by atoms with van der Waals surface area (Å²) in [6.45, 7) is 0.330. The van der Waals surface area contributed by atoms with Crippen LogP contribution < -0.4 is 11.5 Å². The van der Waals surface area contributed by atoms with Gasteiger partial charge in [0.25, 0.3) is 0 Å². The first kappa shape index (κ1) is 15.4. The molecule has 0 heterocycles. The number of nitrogens with zero attached hydrogens (tertiary/aromatic N) is 1. The van der Waals surface area contributed by atoms with E-state index in [4.69, 9.17) is 11.5 Å². The second-order valence-electron chi connectivity index (χ2n) is 3.35. The van der Waals surface area contributed by atoms with Gasteiger partial charge in [-0.05, 0) is 24.6 Å². The first-order chi connectivity index (χ1) is 7.47. The van der Waals surface area contributed by atoms with Crippen LogP contribution in [0.1, 0.15) is 18.0 Å². The third-order valence-electron chi connectivity index (χ3n) is 2.19. The molecule has 1 aromatic rings. The highest BCUT2D eigenvalue weighted by Gasteiger charge is 2.20. The van der Waals surface area contributed by atoms with Crippen LogP contribution in [-0.2, 0) is 0 Å². The number of rotatable bonds is 4. The Hall–Kier alpha value is -1.57. The fraction of sp³-hybridized carbons (Fsp3) is 0.333. The molecular weight excluding hydrogens is 250 g/mol. The molecule has 0 amide bonds. The molecule has 0 unspecified atom stereocenters. The average Bonchev–Trinajstić information content (AvgIpc) is 2.21. The van der Waals surface area contributed by atoms with Gasteiger partial charge in [-0.25, -0.2) is 0 Å². The third-order valence-corrected chi connectivity index (χ3v) is 2.19. The number of aromatic hydroxyl groups is 2. The van der Waals surface area contributed by atoms with E-state index in [0.29, 0.717) is 18.5 Å². The molecule has 0 saturated carbocycles. The van der Waals surface area contributed by atoms with Crippen molar-refractivity contribution in [1.82, 2.24) is 0 Å². The number of nitrogens with two attached hydrogens (primary N) is 2. The Morgan fingerprint density at radius 3 is 2.47 bits per heavy atom. The molecule has 0 aliphatic rings. The fourth-order valence-corrected chi connectivity index (χ4v) is 1.32. The van der Waals surface area contributed by atoms with E-state index in [1.807, 2.05) is 0 Å². The molecule has 6 N–H and O–H groups in total. The van der Waals surface area contributed by atoms with Gasteiger partial charge in [-0.1, -0.05) is 0 Å². The van der Waals surface area contributed by atoms with Crippen LogP contribution in [-0.4, -0.2) is 21.7 Å². The van der Waals surface area contributed by atoms with Crippen molar-refractivity contribution in [2.24, 2.45) is 11.5 Å². The van der Waals surface area contributed by atoms with Crippen molar-refractivity contribution in [3.8, 4) is 11.5 Å². The SMILES string of the molecule is Cl.NCC[C@@H](N)c1cc(O)c(O)c([N+](=O)[O-])c1. The van der Waals surface area contributed by atoms with Crippen molar-refractivity contribution in [1.29, 1.82) is 0 Å². The largest absolute Gasteiger partial charge is 0.504 e. The molecule has 1 aromatic carbocycles. The maximum Gasteiger partial charge on any atom is 0.314 e. The minimum Gasteiger partial charge on any atom is -0.504 e. The number of nitro groups is 1. The van der Waals surface area contributed by atoms with Gasteiger partial charge in [0.05, 0.1) is 4.92 Å². The van der Waals surface area contributed by atoms with E-state index in [2.05, 4.69) is 0 Å². The van der Waals surface area contributed by atoms with Gasteiger partial charge in [0.15, 0.2) is 5.75 Å². The molecule has 0 radical (unpaired) electrons. The lowest BCUT2D eigenvalue weighted by molar-refractivity contribution is -0.386. The molecule has 0 saturated heterocycles. The monoisotopic (exact) mass is 263 g/mol. The summed E-state index contributed by atoms with van der Waals surface area (Å²) >= 11 is 0. The molecule has 0 fully saturated rings. The number of nitro benzene ring substituents is 1. The summed E-state index contributed by atoms with van der Waals surface area (Å²) in [5, 5.41) is 29.1. The summed E-state index contributed by atoms with van der Waals surface area (Å²) in [6.07, 6.45) is 0.432. The van der Waals surface area contributed by atoms with E-state index >= 15 is 0 Å². The Labute approximate surface area is 104 Å². The van der Waals surface area contributed by atoms with Crippen molar-refractivity contribution in [2.45, 2.75) is 12.5 Å². The van der Waals surface area contributed by atoms with Crippen LogP contribution in [0.4, 0.5) is 5.69 Å². The Morgan fingerprint density at radius 2 is 2.00 bits per heavy atom. The van der Waals surface area contributed by atoms with Crippen LogP contribution >= 0.6 is 12.4 Å². The lowest BCUT2D eigenvalue weighted by atomic mass is 10.0. The number of phenolic OH excluding ortho intramolecular Hbond substituents is 2. The molecule has 0 aliphatic carbocycles. The summed E-state index contributed by atoms with van der Waals surface area (Å²) in [5.74, 6) is -1.31. The standard InChI is InChI=1S/C9H13N3O4.ClH/c10-2-1-6(11)5-3-7(12(15)16)9(14)8(13)4-5;/h3-4,6,13-14H,1-2,10-11H2;1H/t6-;/m1./s1. The summed E-state index contributed by atoms with van der Waals surface area (Å²) in [6, 6.07) is 1.83. The van der Waals surface area contributed by atoms with E-state index in [0.717, 1.165) is 6.07 Å². The number of phenols is 2. The zero-order valence-electron chi connectivity index (χ0n) is 8.87. The van der Waals surface area contributed by atoms with Gasteiger partial charge >= 0.3 is 5.69 Å². The smallest absolute Gasteiger partial charge is 0.314 e. The minimum absolute atomic E-state index is 0. The molecule has 96 valence electrons. The molecule has 17 heavy (non-hydrogen) atoms. The second kappa shape index (κ2) is 6.24. The van der Waals surface area contributed by atoms with Crippen molar-refractivity contribution in [3.63, 3.8) is 0 Å². The molecule has 0 bridgehead atoms. The maximum absolute atomic E-state index is 10.6. The molecule has 0 aromatic heterocycles. The van der Waals surface area contributed by atoms with Crippen LogP contribution in [0.3, 0.4) is 0 Å². The van der Waals surface area contributed by atoms with Gasteiger partial charge in [0.1, 0.15) is 0 Å². The molecule has 1 rings (SSSR count). The second-order valence-corrected chi connectivity index (χ2v) is 3.35. The molecule has 1 atom stereocenters. The predicted molar refractivity (Wildman–Crippen MR) is 64.3 cm³/mol. The van der Waals surface area contributed by atoms with Crippen LogP contribution in [0.2, 0.25) is 0 Å². The van der Waals surface area contributed by atoms with Crippen LogP contribution in [0.5, 0.6) is 11.5 Å². The highest BCUT2D eigenvalue weighted by molar-refractivity contribution is 5.85. The summed E-state index contributed by atoms with van der Waals surface area (Å²) in [5.41, 5.74) is 10.8. The Balaban J connectivity index is 0.00000256. The summed E-state index contributed by atoms with van der Waals surface area (Å²) in [7, 11) is 0. The van der Waals surface area contributed by atoms with Crippen LogP contribution in [0.25, 0.3) is 0 Å². The van der Waals surface area contributed by atoms with Crippen molar-refractivity contribution >= 4 is 18.1 Å². The van der Waals surface area contributed by atoms with Gasteiger partial charge in [-0.3, -0.25) is 10.1 Å². The Morgan fingerprint density at radius 1 is 1.41 bits per heavy atom. The van der Waals surface area contributed by atoms with Gasteiger partial charge in [-0.2, -0.15) is 0 Å². The van der Waals surface area contributed by atoms with Crippen molar-refractivity contribution in [3.05, 3.63) is 27.8 Å². The zero-order chi connectivity index (χ0) is 12.3. The van der Waals surface area contributed by atoms with E-state index < -0.39 is 28.2 Å². The molecular formula is C9H14ClN3O4. The highest BCUT2D eigenvalue weighted by Crippen LogP contribution is 2.37. The number of benzene rings is 1. The summed E-state index contributed by atoms with van der Waals surface area (Å²) in [4.78, 5) is 9.79. The Bertz CT molecular complexity index is 413. The predicted octanol–water partition coefficient (Wildman–Crippen LogP) is 0.776. The van der Waals surface area contributed by atoms with Crippen LogP contribution in [0.15, 0.2) is 12.1 Å². The van der Waals surface area contributed by atoms with Gasteiger partial charge < -0.3 is 21.7 Å².